The zero-order valence-corrected chi connectivity index (χ0v) is 11.9. The van der Waals surface area contributed by atoms with E-state index in [1.807, 2.05) is 0 Å². The monoisotopic (exact) mass is 242 g/mol. The van der Waals surface area contributed by atoms with Crippen molar-refractivity contribution in [3.63, 3.8) is 0 Å². The molecule has 0 aromatic rings. The van der Waals surface area contributed by atoms with Gasteiger partial charge in [0.15, 0.2) is 0 Å². The summed E-state index contributed by atoms with van der Waals surface area (Å²) in [6, 6.07) is 0.637. The van der Waals surface area contributed by atoms with E-state index in [1.165, 1.54) is 32.2 Å². The molecule has 1 atom stereocenters. The van der Waals surface area contributed by atoms with Crippen molar-refractivity contribution in [2.24, 2.45) is 5.92 Å². The second-order valence-corrected chi connectivity index (χ2v) is 5.49. The summed E-state index contributed by atoms with van der Waals surface area (Å²) in [5, 5.41) is 3.50. The van der Waals surface area contributed by atoms with Gasteiger partial charge in [-0.15, -0.1) is 0 Å². The Morgan fingerprint density at radius 1 is 1.35 bits per heavy atom. The molecule has 3 nitrogen and oxygen atoms in total. The van der Waals surface area contributed by atoms with Gasteiger partial charge in [-0.2, -0.15) is 0 Å². The minimum Gasteiger partial charge on any atom is -0.385 e. The Bertz CT molecular complexity index is 181. The predicted molar refractivity (Wildman–Crippen MR) is 73.4 cm³/mol. The van der Waals surface area contributed by atoms with Gasteiger partial charge in [-0.25, -0.2) is 0 Å². The highest BCUT2D eigenvalue weighted by Gasteiger charge is 2.18. The first kappa shape index (κ1) is 14.9. The van der Waals surface area contributed by atoms with Crippen LogP contribution in [0.5, 0.6) is 0 Å². The van der Waals surface area contributed by atoms with E-state index in [0.717, 1.165) is 32.0 Å². The average molecular weight is 242 g/mol. The van der Waals surface area contributed by atoms with Gasteiger partial charge in [0.2, 0.25) is 0 Å². The van der Waals surface area contributed by atoms with E-state index >= 15 is 0 Å². The normalized spacial score (nSPS) is 19.1. The van der Waals surface area contributed by atoms with Gasteiger partial charge < -0.3 is 15.0 Å². The molecule has 1 unspecified atom stereocenters. The maximum Gasteiger partial charge on any atom is 0.0474 e. The SMILES string of the molecule is COCCCNCC(C)N(C)CC1CCCC1. The van der Waals surface area contributed by atoms with Gasteiger partial charge >= 0.3 is 0 Å². The van der Waals surface area contributed by atoms with E-state index < -0.39 is 0 Å². The molecule has 1 aliphatic carbocycles. The molecule has 102 valence electrons. The number of hydrogen-bond acceptors (Lipinski definition) is 3. The highest BCUT2D eigenvalue weighted by molar-refractivity contribution is 4.74. The van der Waals surface area contributed by atoms with Crippen molar-refractivity contribution in [2.75, 3.05) is 40.4 Å². The molecule has 1 fully saturated rings. The lowest BCUT2D eigenvalue weighted by Crippen LogP contribution is -2.40. The van der Waals surface area contributed by atoms with Crippen LogP contribution in [0.1, 0.15) is 39.0 Å². The zero-order chi connectivity index (χ0) is 12.5. The molecular weight excluding hydrogens is 212 g/mol. The van der Waals surface area contributed by atoms with E-state index in [2.05, 4.69) is 24.2 Å². The summed E-state index contributed by atoms with van der Waals surface area (Å²) in [5.41, 5.74) is 0. The first-order valence-corrected chi connectivity index (χ1v) is 7.14. The number of nitrogens with one attached hydrogen (secondary N) is 1. The molecule has 0 radical (unpaired) electrons. The summed E-state index contributed by atoms with van der Waals surface area (Å²) < 4.78 is 5.03. The van der Waals surface area contributed by atoms with E-state index in [4.69, 9.17) is 4.74 Å². The summed E-state index contributed by atoms with van der Waals surface area (Å²) in [6.07, 6.45) is 6.89. The van der Waals surface area contributed by atoms with E-state index in [9.17, 15) is 0 Å². The first-order chi connectivity index (χ1) is 8.24. The third-order valence-corrected chi connectivity index (χ3v) is 3.92. The highest BCUT2D eigenvalue weighted by Crippen LogP contribution is 2.25. The Hall–Kier alpha value is -0.120. The molecule has 0 aromatic carbocycles. The van der Waals surface area contributed by atoms with Crippen LogP contribution in [0.4, 0.5) is 0 Å². The van der Waals surface area contributed by atoms with Gasteiger partial charge in [-0.1, -0.05) is 12.8 Å². The fourth-order valence-electron chi connectivity index (χ4n) is 2.59. The van der Waals surface area contributed by atoms with Crippen molar-refractivity contribution in [1.29, 1.82) is 0 Å². The number of rotatable bonds is 9. The van der Waals surface area contributed by atoms with Crippen molar-refractivity contribution in [3.8, 4) is 0 Å². The van der Waals surface area contributed by atoms with Gasteiger partial charge in [0.25, 0.3) is 0 Å². The third kappa shape index (κ3) is 6.39. The van der Waals surface area contributed by atoms with Crippen LogP contribution < -0.4 is 5.32 Å². The van der Waals surface area contributed by atoms with Crippen molar-refractivity contribution in [2.45, 2.75) is 45.1 Å². The number of ether oxygens (including phenoxy) is 1. The zero-order valence-electron chi connectivity index (χ0n) is 11.9. The lowest BCUT2D eigenvalue weighted by atomic mass is 10.1. The van der Waals surface area contributed by atoms with Crippen LogP contribution in [0.15, 0.2) is 0 Å². The molecular formula is C14H30N2O. The molecule has 0 amide bonds. The summed E-state index contributed by atoms with van der Waals surface area (Å²) in [5.74, 6) is 0.955. The van der Waals surface area contributed by atoms with Crippen molar-refractivity contribution < 1.29 is 4.74 Å². The Morgan fingerprint density at radius 2 is 2.06 bits per heavy atom. The van der Waals surface area contributed by atoms with Gasteiger partial charge in [0, 0.05) is 32.8 Å². The second-order valence-electron chi connectivity index (χ2n) is 5.49. The third-order valence-electron chi connectivity index (χ3n) is 3.92. The maximum atomic E-state index is 5.03. The largest absolute Gasteiger partial charge is 0.385 e. The van der Waals surface area contributed by atoms with Crippen LogP contribution in [-0.2, 0) is 4.74 Å². The minimum atomic E-state index is 0.637. The first-order valence-electron chi connectivity index (χ1n) is 7.14. The number of nitrogens with zero attached hydrogens (tertiary/aromatic N) is 1. The topological polar surface area (TPSA) is 24.5 Å². The van der Waals surface area contributed by atoms with Gasteiger partial charge in [-0.05, 0) is 45.7 Å². The Labute approximate surface area is 107 Å². The summed E-state index contributed by atoms with van der Waals surface area (Å²) in [4.78, 5) is 2.51. The molecule has 0 saturated heterocycles. The van der Waals surface area contributed by atoms with E-state index in [-0.39, 0.29) is 0 Å². The van der Waals surface area contributed by atoms with Crippen LogP contribution in [0.25, 0.3) is 0 Å². The lowest BCUT2D eigenvalue weighted by Gasteiger charge is -2.27. The quantitative estimate of drug-likeness (QED) is 0.627. The summed E-state index contributed by atoms with van der Waals surface area (Å²) in [6.45, 7) is 6.61. The number of methoxy groups -OCH3 is 1. The van der Waals surface area contributed by atoms with Crippen molar-refractivity contribution in [1.82, 2.24) is 10.2 Å². The molecule has 1 N–H and O–H groups in total. The molecule has 0 heterocycles. The summed E-state index contributed by atoms with van der Waals surface area (Å²) >= 11 is 0. The second kappa shape index (κ2) is 8.90. The predicted octanol–water partition coefficient (Wildman–Crippen LogP) is 2.12. The van der Waals surface area contributed by atoms with E-state index in [1.54, 1.807) is 7.11 Å². The molecule has 0 bridgehead atoms. The van der Waals surface area contributed by atoms with Crippen LogP contribution >= 0.6 is 0 Å². The Balaban J connectivity index is 2.02. The fraction of sp³-hybridized carbons (Fsp3) is 1.00. The molecule has 0 aliphatic heterocycles. The fourth-order valence-corrected chi connectivity index (χ4v) is 2.59. The Morgan fingerprint density at radius 3 is 2.71 bits per heavy atom. The smallest absolute Gasteiger partial charge is 0.0474 e. The standard InChI is InChI=1S/C14H30N2O/c1-13(11-15-9-6-10-17-3)16(2)12-14-7-4-5-8-14/h13-15H,4-12H2,1-3H3. The van der Waals surface area contributed by atoms with Gasteiger partial charge in [0.1, 0.15) is 0 Å². The molecule has 0 spiro atoms. The van der Waals surface area contributed by atoms with Gasteiger partial charge in [0.05, 0.1) is 0 Å². The van der Waals surface area contributed by atoms with Gasteiger partial charge in [-0.3, -0.25) is 0 Å². The van der Waals surface area contributed by atoms with Crippen LogP contribution in [0.2, 0.25) is 0 Å². The highest BCUT2D eigenvalue weighted by atomic mass is 16.5. The summed E-state index contributed by atoms with van der Waals surface area (Å²) in [7, 11) is 4.03. The number of hydrogen-bond donors (Lipinski definition) is 1. The average Bonchev–Trinajstić information content (AvgIpc) is 2.81. The van der Waals surface area contributed by atoms with Crippen LogP contribution in [-0.4, -0.2) is 51.3 Å². The molecule has 17 heavy (non-hydrogen) atoms. The molecule has 1 aliphatic rings. The minimum absolute atomic E-state index is 0.637. The van der Waals surface area contributed by atoms with Crippen LogP contribution in [0, 0.1) is 5.92 Å². The molecule has 0 aromatic heterocycles. The Kier molecular flexibility index (Phi) is 7.82. The molecule has 3 heteroatoms. The van der Waals surface area contributed by atoms with Crippen LogP contribution in [0.3, 0.4) is 0 Å². The van der Waals surface area contributed by atoms with Crippen molar-refractivity contribution >= 4 is 0 Å². The molecule has 1 rings (SSSR count). The molecule has 1 saturated carbocycles. The lowest BCUT2D eigenvalue weighted by molar-refractivity contribution is 0.189. The van der Waals surface area contributed by atoms with E-state index in [0.29, 0.717) is 6.04 Å². The maximum absolute atomic E-state index is 5.03. The number of likely N-dealkylation sites (N-methyl/N-ethyl adjacent to an activating group) is 1. The van der Waals surface area contributed by atoms with Crippen molar-refractivity contribution in [3.05, 3.63) is 0 Å².